The molecule has 0 spiro atoms. The number of nitrogen functional groups attached to an aromatic ring is 1. The van der Waals surface area contributed by atoms with Crippen molar-refractivity contribution < 1.29 is 19.6 Å². The number of benzene rings is 1. The first-order valence-corrected chi connectivity index (χ1v) is 3.82. The summed E-state index contributed by atoms with van der Waals surface area (Å²) in [5, 5.41) is 19.8. The number of aromatic hydroxyl groups is 1. The number of phenolic OH excluding ortho intramolecular Hbond substituents is 1. The molecule has 15 heavy (non-hydrogen) atoms. The van der Waals surface area contributed by atoms with Crippen LogP contribution in [0.25, 0.3) is 0 Å². The van der Waals surface area contributed by atoms with Crippen LogP contribution in [-0.2, 0) is 4.74 Å². The molecular weight excluding hydrogens is 204 g/mol. The van der Waals surface area contributed by atoms with Gasteiger partial charge in [-0.1, -0.05) is 0 Å². The Bertz CT molecular complexity index is 429. The first-order chi connectivity index (χ1) is 6.97. The van der Waals surface area contributed by atoms with Gasteiger partial charge in [-0.2, -0.15) is 0 Å². The Morgan fingerprint density at radius 2 is 2.20 bits per heavy atom. The number of carbonyl (C=O) groups excluding carboxylic acids is 1. The normalized spacial score (nSPS) is 9.67. The number of hydrogen-bond acceptors (Lipinski definition) is 6. The third-order valence-electron chi connectivity index (χ3n) is 1.75. The number of rotatable bonds is 2. The number of ether oxygens (including phenoxy) is 1. The van der Waals surface area contributed by atoms with Crippen LogP contribution in [-0.4, -0.2) is 23.1 Å². The number of phenols is 1. The van der Waals surface area contributed by atoms with E-state index >= 15 is 0 Å². The Kier molecular flexibility index (Phi) is 2.75. The molecule has 0 saturated carbocycles. The first-order valence-electron chi connectivity index (χ1n) is 3.82. The Morgan fingerprint density at radius 3 is 2.67 bits per heavy atom. The Labute approximate surface area is 84.2 Å². The minimum Gasteiger partial charge on any atom is -0.506 e. The maximum atomic E-state index is 11.1. The van der Waals surface area contributed by atoms with Gasteiger partial charge >= 0.3 is 5.97 Å². The fourth-order valence-electron chi connectivity index (χ4n) is 1.02. The highest BCUT2D eigenvalue weighted by molar-refractivity contribution is 5.95. The summed E-state index contributed by atoms with van der Waals surface area (Å²) in [6.07, 6.45) is 0. The van der Waals surface area contributed by atoms with Crippen molar-refractivity contribution in [2.24, 2.45) is 0 Å². The second-order valence-electron chi connectivity index (χ2n) is 2.68. The number of nitro groups is 1. The Morgan fingerprint density at radius 1 is 1.60 bits per heavy atom. The van der Waals surface area contributed by atoms with Gasteiger partial charge < -0.3 is 15.6 Å². The summed E-state index contributed by atoms with van der Waals surface area (Å²) in [4.78, 5) is 20.9. The van der Waals surface area contributed by atoms with Gasteiger partial charge in [0.2, 0.25) is 0 Å². The molecule has 3 N–H and O–H groups in total. The van der Waals surface area contributed by atoms with E-state index in [9.17, 15) is 20.0 Å². The minimum atomic E-state index is -0.906. The number of nitrogens with two attached hydrogens (primary N) is 1. The largest absolute Gasteiger partial charge is 0.506 e. The first kappa shape index (κ1) is 10.8. The molecule has 1 rings (SSSR count). The quantitative estimate of drug-likeness (QED) is 0.244. The van der Waals surface area contributed by atoms with Gasteiger partial charge in [0.25, 0.3) is 5.69 Å². The number of carbonyl (C=O) groups is 1. The fourth-order valence-corrected chi connectivity index (χ4v) is 1.02. The summed E-state index contributed by atoms with van der Waals surface area (Å²) >= 11 is 0. The van der Waals surface area contributed by atoms with Crippen molar-refractivity contribution in [1.82, 2.24) is 0 Å². The number of methoxy groups -OCH3 is 1. The van der Waals surface area contributed by atoms with Gasteiger partial charge in [-0.05, 0) is 0 Å². The zero-order valence-corrected chi connectivity index (χ0v) is 7.76. The fraction of sp³-hybridized carbons (Fsp3) is 0.125. The van der Waals surface area contributed by atoms with E-state index in [2.05, 4.69) is 4.74 Å². The molecule has 0 fully saturated rings. The molecule has 1 aromatic carbocycles. The lowest BCUT2D eigenvalue weighted by Gasteiger charge is -2.03. The van der Waals surface area contributed by atoms with E-state index in [-0.39, 0.29) is 11.3 Å². The van der Waals surface area contributed by atoms with Crippen molar-refractivity contribution >= 4 is 17.3 Å². The summed E-state index contributed by atoms with van der Waals surface area (Å²) in [5.41, 5.74) is 4.25. The topological polar surface area (TPSA) is 116 Å². The van der Waals surface area contributed by atoms with Gasteiger partial charge in [-0.15, -0.1) is 0 Å². The summed E-state index contributed by atoms with van der Waals surface area (Å²) in [5.74, 6) is -1.31. The molecule has 7 heteroatoms. The molecule has 0 aliphatic heterocycles. The van der Waals surface area contributed by atoms with E-state index in [0.29, 0.717) is 0 Å². The number of nitrogens with zero attached hydrogens (tertiary/aromatic N) is 1. The lowest BCUT2D eigenvalue weighted by Crippen LogP contribution is -2.06. The van der Waals surface area contributed by atoms with Gasteiger partial charge in [-0.3, -0.25) is 10.1 Å². The molecule has 0 amide bonds. The predicted molar refractivity (Wildman–Crippen MR) is 50.5 cm³/mol. The monoisotopic (exact) mass is 212 g/mol. The summed E-state index contributed by atoms with van der Waals surface area (Å²) in [6.45, 7) is 0. The van der Waals surface area contributed by atoms with E-state index in [0.717, 1.165) is 19.2 Å². The van der Waals surface area contributed by atoms with E-state index in [1.54, 1.807) is 0 Å². The highest BCUT2D eigenvalue weighted by Gasteiger charge is 2.23. The standard InChI is InChI=1S/C8H8N2O5/c1-15-8(12)4-2-7(11)5(9)3-6(4)10(13)14/h2-3,11H,9H2,1H3. The van der Waals surface area contributed by atoms with Gasteiger partial charge in [0.05, 0.1) is 17.7 Å². The summed E-state index contributed by atoms with van der Waals surface area (Å²) in [6, 6.07) is 1.81. The second kappa shape index (κ2) is 3.82. The molecule has 0 aliphatic carbocycles. The number of nitro benzene ring substituents is 1. The summed E-state index contributed by atoms with van der Waals surface area (Å²) in [7, 11) is 1.08. The molecule has 0 aromatic heterocycles. The van der Waals surface area contributed by atoms with Gasteiger partial charge in [0.15, 0.2) is 0 Å². The van der Waals surface area contributed by atoms with E-state index in [4.69, 9.17) is 5.73 Å². The third-order valence-corrected chi connectivity index (χ3v) is 1.75. The number of esters is 1. The third kappa shape index (κ3) is 1.96. The average Bonchev–Trinajstić information content (AvgIpc) is 2.20. The van der Waals surface area contributed by atoms with E-state index < -0.39 is 22.3 Å². The highest BCUT2D eigenvalue weighted by atomic mass is 16.6. The molecule has 0 heterocycles. The van der Waals surface area contributed by atoms with Crippen LogP contribution in [0.5, 0.6) is 5.75 Å². The lowest BCUT2D eigenvalue weighted by atomic mass is 10.1. The van der Waals surface area contributed by atoms with Crippen LogP contribution in [0, 0.1) is 10.1 Å². The Balaban J connectivity index is 3.41. The van der Waals surface area contributed by atoms with E-state index in [1.165, 1.54) is 0 Å². The zero-order valence-electron chi connectivity index (χ0n) is 7.76. The van der Waals surface area contributed by atoms with Crippen molar-refractivity contribution in [2.45, 2.75) is 0 Å². The predicted octanol–water partition coefficient (Wildman–Crippen LogP) is 0.669. The van der Waals surface area contributed by atoms with E-state index in [1.807, 2.05) is 0 Å². The van der Waals surface area contributed by atoms with Crippen LogP contribution in [0.2, 0.25) is 0 Å². The van der Waals surface area contributed by atoms with Crippen LogP contribution in [0.4, 0.5) is 11.4 Å². The molecule has 0 aliphatic rings. The van der Waals surface area contributed by atoms with Crippen LogP contribution in [0.3, 0.4) is 0 Å². The second-order valence-corrected chi connectivity index (χ2v) is 2.68. The lowest BCUT2D eigenvalue weighted by molar-refractivity contribution is -0.385. The van der Waals surface area contributed by atoms with Crippen LogP contribution >= 0.6 is 0 Å². The molecule has 0 unspecified atom stereocenters. The smallest absolute Gasteiger partial charge is 0.345 e. The van der Waals surface area contributed by atoms with Crippen molar-refractivity contribution in [1.29, 1.82) is 0 Å². The van der Waals surface area contributed by atoms with Gasteiger partial charge in [0.1, 0.15) is 11.3 Å². The van der Waals surface area contributed by atoms with Gasteiger partial charge in [0, 0.05) is 12.1 Å². The van der Waals surface area contributed by atoms with Crippen molar-refractivity contribution in [3.8, 4) is 5.75 Å². The maximum Gasteiger partial charge on any atom is 0.345 e. The molecular formula is C8H8N2O5. The molecule has 0 saturated heterocycles. The molecule has 1 aromatic rings. The van der Waals surface area contributed by atoms with Crippen molar-refractivity contribution in [2.75, 3.05) is 12.8 Å². The SMILES string of the molecule is COC(=O)c1cc(O)c(N)cc1[N+](=O)[O-]. The molecule has 0 atom stereocenters. The molecule has 80 valence electrons. The number of hydrogen-bond donors (Lipinski definition) is 2. The maximum absolute atomic E-state index is 11.1. The van der Waals surface area contributed by atoms with Gasteiger partial charge in [-0.25, -0.2) is 4.79 Å². The summed E-state index contributed by atoms with van der Waals surface area (Å²) < 4.78 is 4.33. The zero-order chi connectivity index (χ0) is 11.6. The molecule has 0 radical (unpaired) electrons. The van der Waals surface area contributed by atoms with Crippen LogP contribution in [0.15, 0.2) is 12.1 Å². The Hall–Kier alpha value is -2.31. The average molecular weight is 212 g/mol. The van der Waals surface area contributed by atoms with Crippen LogP contribution < -0.4 is 5.73 Å². The molecule has 0 bridgehead atoms. The highest BCUT2D eigenvalue weighted by Crippen LogP contribution is 2.29. The number of anilines is 1. The minimum absolute atomic E-state index is 0.172. The van der Waals surface area contributed by atoms with Crippen molar-refractivity contribution in [3.05, 3.63) is 27.8 Å². The van der Waals surface area contributed by atoms with Crippen LogP contribution in [0.1, 0.15) is 10.4 Å². The molecule has 7 nitrogen and oxygen atoms in total. The van der Waals surface area contributed by atoms with Crippen molar-refractivity contribution in [3.63, 3.8) is 0 Å².